The van der Waals surface area contributed by atoms with Gasteiger partial charge in [-0.05, 0) is 47.6 Å². The maximum absolute atomic E-state index is 12.0. The van der Waals surface area contributed by atoms with E-state index < -0.39 is 11.4 Å². The van der Waals surface area contributed by atoms with Crippen LogP contribution in [0.3, 0.4) is 0 Å². The van der Waals surface area contributed by atoms with Crippen LogP contribution in [0.25, 0.3) is 10.1 Å². The number of carboxylic acids is 1. The van der Waals surface area contributed by atoms with E-state index in [2.05, 4.69) is 24.4 Å². The summed E-state index contributed by atoms with van der Waals surface area (Å²) in [5.41, 5.74) is 0.665. The molecule has 0 radical (unpaired) electrons. The monoisotopic (exact) mass is 302 g/mol. The van der Waals surface area contributed by atoms with Gasteiger partial charge in [0, 0.05) is 4.70 Å². The van der Waals surface area contributed by atoms with E-state index in [1.165, 1.54) is 22.1 Å². The minimum absolute atomic E-state index is 0.553. The number of carbonyl (C=O) groups is 1. The summed E-state index contributed by atoms with van der Waals surface area (Å²) in [6, 6.07) is 8.33. The van der Waals surface area contributed by atoms with Gasteiger partial charge in [-0.15, -0.1) is 11.3 Å². The normalized spacial score (nSPS) is 26.0. The van der Waals surface area contributed by atoms with E-state index in [-0.39, 0.29) is 0 Å². The third-order valence-electron chi connectivity index (χ3n) is 5.07. The van der Waals surface area contributed by atoms with Gasteiger partial charge in [-0.2, -0.15) is 0 Å². The molecular weight excluding hydrogens is 280 g/mol. The summed E-state index contributed by atoms with van der Waals surface area (Å²) in [4.78, 5) is 12.0. The molecule has 0 aliphatic heterocycles. The highest BCUT2D eigenvalue weighted by Crippen LogP contribution is 2.44. The molecule has 2 nitrogen and oxygen atoms in total. The van der Waals surface area contributed by atoms with Crippen molar-refractivity contribution in [2.75, 3.05) is 0 Å². The van der Waals surface area contributed by atoms with Crippen LogP contribution in [0, 0.1) is 11.3 Å². The van der Waals surface area contributed by atoms with Gasteiger partial charge in [-0.3, -0.25) is 4.79 Å². The Morgan fingerprint density at radius 3 is 3.00 bits per heavy atom. The number of hydrogen-bond donors (Lipinski definition) is 1. The summed E-state index contributed by atoms with van der Waals surface area (Å²) >= 11 is 1.73. The van der Waals surface area contributed by atoms with E-state index in [1.54, 1.807) is 11.3 Å². The van der Waals surface area contributed by atoms with Crippen molar-refractivity contribution in [2.45, 2.75) is 45.4 Å². The fourth-order valence-corrected chi connectivity index (χ4v) is 4.76. The predicted octanol–water partition coefficient (Wildman–Crippen LogP) is 5.12. The molecule has 1 aromatic carbocycles. The number of fused-ring (bicyclic) bond motifs is 1. The summed E-state index contributed by atoms with van der Waals surface area (Å²) in [5, 5.41) is 13.3. The average molecular weight is 302 g/mol. The Bertz CT molecular complexity index is 645. The molecule has 2 unspecified atom stereocenters. The number of rotatable bonds is 4. The van der Waals surface area contributed by atoms with Gasteiger partial charge in [-0.25, -0.2) is 0 Å². The van der Waals surface area contributed by atoms with E-state index in [0.717, 1.165) is 25.7 Å². The van der Waals surface area contributed by atoms with Crippen LogP contribution >= 0.6 is 11.3 Å². The number of carboxylic acid groups (broad SMARTS) is 1. The first kappa shape index (κ1) is 14.6. The molecule has 2 atom stereocenters. The lowest BCUT2D eigenvalue weighted by molar-refractivity contribution is -0.152. The molecule has 0 amide bonds. The molecule has 0 spiro atoms. The van der Waals surface area contributed by atoms with Crippen LogP contribution in [0.15, 0.2) is 29.6 Å². The molecule has 112 valence electrons. The average Bonchev–Trinajstić information content (AvgIpc) is 2.90. The summed E-state index contributed by atoms with van der Waals surface area (Å²) in [6.45, 7) is 2.18. The number of hydrogen-bond acceptors (Lipinski definition) is 2. The summed E-state index contributed by atoms with van der Waals surface area (Å²) in [6.07, 6.45) is 5.68. The Morgan fingerprint density at radius 2 is 2.24 bits per heavy atom. The zero-order valence-electron chi connectivity index (χ0n) is 12.5. The minimum atomic E-state index is -0.601. The van der Waals surface area contributed by atoms with E-state index >= 15 is 0 Å². The van der Waals surface area contributed by atoms with Gasteiger partial charge in [0.25, 0.3) is 0 Å². The Balaban J connectivity index is 1.93. The van der Waals surface area contributed by atoms with E-state index in [1.807, 2.05) is 12.1 Å². The third-order valence-corrected chi connectivity index (χ3v) is 6.08. The molecule has 21 heavy (non-hydrogen) atoms. The first-order chi connectivity index (χ1) is 10.1. The largest absolute Gasteiger partial charge is 0.481 e. The molecule has 0 saturated heterocycles. The lowest BCUT2D eigenvalue weighted by Gasteiger charge is -2.37. The van der Waals surface area contributed by atoms with Gasteiger partial charge in [0.1, 0.15) is 0 Å². The smallest absolute Gasteiger partial charge is 0.309 e. The third kappa shape index (κ3) is 2.71. The zero-order valence-corrected chi connectivity index (χ0v) is 13.3. The second-order valence-corrected chi connectivity index (χ2v) is 7.30. The summed E-state index contributed by atoms with van der Waals surface area (Å²) < 4.78 is 1.26. The SMILES string of the molecule is CCC1CCCC(Cc2csc3ccccc23)(C(=O)O)C1. The number of thiophene rings is 1. The summed E-state index contributed by atoms with van der Waals surface area (Å²) in [7, 11) is 0. The molecule has 1 N–H and O–H groups in total. The van der Waals surface area contributed by atoms with Gasteiger partial charge in [-0.1, -0.05) is 44.4 Å². The van der Waals surface area contributed by atoms with Crippen molar-refractivity contribution < 1.29 is 9.90 Å². The number of aliphatic carboxylic acids is 1. The van der Waals surface area contributed by atoms with E-state index in [0.29, 0.717) is 12.3 Å². The lowest BCUT2D eigenvalue weighted by atomic mass is 9.66. The highest BCUT2D eigenvalue weighted by Gasteiger charge is 2.42. The standard InChI is InChI=1S/C18H22O2S/c1-2-13-6-5-9-18(10-13,17(19)20)11-14-12-21-16-8-4-3-7-15(14)16/h3-4,7-8,12-13H,2,5-6,9-11H2,1H3,(H,19,20). The molecule has 1 aliphatic rings. The molecule has 1 aromatic heterocycles. The maximum atomic E-state index is 12.0. The Morgan fingerprint density at radius 1 is 1.43 bits per heavy atom. The Hall–Kier alpha value is -1.35. The van der Waals surface area contributed by atoms with Gasteiger partial charge in [0.05, 0.1) is 5.41 Å². The second-order valence-electron chi connectivity index (χ2n) is 6.39. The second kappa shape index (κ2) is 5.80. The van der Waals surface area contributed by atoms with Crippen LogP contribution in [0.2, 0.25) is 0 Å². The molecule has 2 aromatic rings. The van der Waals surface area contributed by atoms with Gasteiger partial charge >= 0.3 is 5.97 Å². The molecule has 3 heteroatoms. The predicted molar refractivity (Wildman–Crippen MR) is 87.8 cm³/mol. The van der Waals surface area contributed by atoms with Crippen LogP contribution in [0.5, 0.6) is 0 Å². The quantitative estimate of drug-likeness (QED) is 0.851. The first-order valence-electron chi connectivity index (χ1n) is 7.83. The zero-order chi connectivity index (χ0) is 14.9. The van der Waals surface area contributed by atoms with Crippen molar-refractivity contribution in [1.29, 1.82) is 0 Å². The fourth-order valence-electron chi connectivity index (χ4n) is 3.80. The molecule has 1 heterocycles. The van der Waals surface area contributed by atoms with Crippen molar-refractivity contribution >= 4 is 27.4 Å². The fraction of sp³-hybridized carbons (Fsp3) is 0.500. The topological polar surface area (TPSA) is 37.3 Å². The lowest BCUT2D eigenvalue weighted by Crippen LogP contribution is -2.38. The van der Waals surface area contributed by atoms with Crippen molar-refractivity contribution in [3.63, 3.8) is 0 Å². The molecule has 1 saturated carbocycles. The Kier molecular flexibility index (Phi) is 4.03. The first-order valence-corrected chi connectivity index (χ1v) is 8.71. The van der Waals surface area contributed by atoms with Gasteiger partial charge in [0.2, 0.25) is 0 Å². The van der Waals surface area contributed by atoms with Gasteiger partial charge in [0.15, 0.2) is 0 Å². The Labute approximate surface area is 129 Å². The van der Waals surface area contributed by atoms with E-state index in [9.17, 15) is 9.90 Å². The highest BCUT2D eigenvalue weighted by molar-refractivity contribution is 7.17. The van der Waals surface area contributed by atoms with E-state index in [4.69, 9.17) is 0 Å². The van der Waals surface area contributed by atoms with Gasteiger partial charge < -0.3 is 5.11 Å². The maximum Gasteiger partial charge on any atom is 0.309 e. The molecule has 1 fully saturated rings. The van der Waals surface area contributed by atoms with Crippen molar-refractivity contribution in [3.05, 3.63) is 35.2 Å². The van der Waals surface area contributed by atoms with Crippen LogP contribution in [-0.4, -0.2) is 11.1 Å². The van der Waals surface area contributed by atoms with Crippen LogP contribution < -0.4 is 0 Å². The minimum Gasteiger partial charge on any atom is -0.481 e. The van der Waals surface area contributed by atoms with Crippen molar-refractivity contribution in [3.8, 4) is 0 Å². The summed E-state index contributed by atoms with van der Waals surface area (Å²) in [5.74, 6) is -0.0318. The van der Waals surface area contributed by atoms with Crippen molar-refractivity contribution in [2.24, 2.45) is 11.3 Å². The molecule has 3 rings (SSSR count). The molecule has 0 bridgehead atoms. The highest BCUT2D eigenvalue weighted by atomic mass is 32.1. The molecule has 1 aliphatic carbocycles. The van der Waals surface area contributed by atoms with Crippen LogP contribution in [0.1, 0.15) is 44.6 Å². The van der Waals surface area contributed by atoms with Crippen molar-refractivity contribution in [1.82, 2.24) is 0 Å². The van der Waals surface area contributed by atoms with Crippen LogP contribution in [0.4, 0.5) is 0 Å². The molecular formula is C18H22O2S. The number of benzene rings is 1. The van der Waals surface area contributed by atoms with Crippen LogP contribution in [-0.2, 0) is 11.2 Å².